The van der Waals surface area contributed by atoms with Gasteiger partial charge in [-0.15, -0.1) is 5.11 Å². The van der Waals surface area contributed by atoms with Gasteiger partial charge >= 0.3 is 12.2 Å². The minimum Gasteiger partial charge on any atom is -0.321 e. The van der Waals surface area contributed by atoms with E-state index < -0.39 is 39.8 Å². The summed E-state index contributed by atoms with van der Waals surface area (Å²) in [5, 5.41) is 14.1. The summed E-state index contributed by atoms with van der Waals surface area (Å²) < 4.78 is 63.7. The predicted molar refractivity (Wildman–Crippen MR) is 139 cm³/mol. The van der Waals surface area contributed by atoms with Crippen molar-refractivity contribution < 1.29 is 31.2 Å². The number of rotatable bonds is 6. The van der Waals surface area contributed by atoms with Crippen LogP contribution in [-0.2, 0) is 16.5 Å². The number of amidine groups is 1. The van der Waals surface area contributed by atoms with Crippen LogP contribution in [0, 0.1) is 0 Å². The number of anilines is 1. The van der Waals surface area contributed by atoms with E-state index in [1.807, 2.05) is 0 Å². The molecule has 200 valence electrons. The van der Waals surface area contributed by atoms with E-state index in [1.165, 1.54) is 36.4 Å². The summed E-state index contributed by atoms with van der Waals surface area (Å²) in [6.07, 6.45) is -4.83. The Hall–Kier alpha value is -5.24. The Bertz CT molecular complexity index is 1850. The van der Waals surface area contributed by atoms with Crippen LogP contribution < -0.4 is 5.32 Å². The molecule has 0 saturated carbocycles. The van der Waals surface area contributed by atoms with Gasteiger partial charge in [-0.25, -0.2) is 9.48 Å². The van der Waals surface area contributed by atoms with E-state index in [4.69, 9.17) is 0 Å². The van der Waals surface area contributed by atoms with Crippen LogP contribution in [0.4, 0.5) is 23.7 Å². The molecule has 0 spiro atoms. The molecule has 1 N–H and O–H groups in total. The number of nitrogens with one attached hydrogen (secondary N) is 1. The van der Waals surface area contributed by atoms with E-state index in [9.17, 15) is 31.2 Å². The molecule has 0 aliphatic carbocycles. The molecule has 0 fully saturated rings. The van der Waals surface area contributed by atoms with Gasteiger partial charge in [0.15, 0.2) is 11.5 Å². The van der Waals surface area contributed by atoms with E-state index in [1.54, 1.807) is 36.4 Å². The number of carbonyl (C=O) groups excluding carboxylic acids is 2. The molecular formula is C26H15F3N6O4S. The van der Waals surface area contributed by atoms with Gasteiger partial charge in [-0.05, 0) is 41.0 Å². The van der Waals surface area contributed by atoms with Gasteiger partial charge in [-0.2, -0.15) is 31.7 Å². The Morgan fingerprint density at radius 3 is 2.33 bits per heavy atom. The highest BCUT2D eigenvalue weighted by Gasteiger charge is 2.36. The Morgan fingerprint density at radius 2 is 1.65 bits per heavy atom. The minimum absolute atomic E-state index is 0.0261. The maximum absolute atomic E-state index is 13.5. The lowest BCUT2D eigenvalue weighted by molar-refractivity contribution is -0.141. The van der Waals surface area contributed by atoms with Crippen molar-refractivity contribution in [3.63, 3.8) is 0 Å². The number of urea groups is 1. The Kier molecular flexibility index (Phi) is 6.92. The second-order valence-corrected chi connectivity index (χ2v) is 9.05. The molecule has 3 amide bonds. The molecule has 2 heterocycles. The van der Waals surface area contributed by atoms with Gasteiger partial charge in [0.25, 0.3) is 5.91 Å². The molecule has 1 aliphatic heterocycles. The number of nitrogens with zero attached hydrogens (tertiary/aromatic N) is 5. The zero-order chi connectivity index (χ0) is 28.4. The van der Waals surface area contributed by atoms with Gasteiger partial charge < -0.3 is 5.32 Å². The summed E-state index contributed by atoms with van der Waals surface area (Å²) >= 11 is 0. The smallest absolute Gasteiger partial charge is 0.321 e. The fraction of sp³-hybridized carbons (Fsp3) is 0.0385. The van der Waals surface area contributed by atoms with Crippen molar-refractivity contribution in [2.24, 2.45) is 15.2 Å². The molecule has 4 aromatic rings. The monoisotopic (exact) mass is 564 g/mol. The lowest BCUT2D eigenvalue weighted by atomic mass is 10.0. The molecule has 0 bridgehead atoms. The van der Waals surface area contributed by atoms with Crippen LogP contribution in [0.25, 0.3) is 16.8 Å². The summed E-state index contributed by atoms with van der Waals surface area (Å²) in [5.74, 6) is -0.897. The third kappa shape index (κ3) is 5.61. The third-order valence-electron chi connectivity index (χ3n) is 5.65. The summed E-state index contributed by atoms with van der Waals surface area (Å²) in [7, 11) is -2.41. The summed E-state index contributed by atoms with van der Waals surface area (Å²) in [5.41, 5.74) is 0.718. The molecule has 1 aromatic heterocycles. The van der Waals surface area contributed by atoms with Gasteiger partial charge in [-0.1, -0.05) is 53.6 Å². The normalized spacial score (nSPS) is 12.8. The maximum Gasteiger partial charge on any atom is 0.435 e. The van der Waals surface area contributed by atoms with Crippen LogP contribution in [0.3, 0.4) is 0 Å². The second-order valence-electron chi connectivity index (χ2n) is 8.29. The topological polar surface area (TPSA) is 135 Å². The van der Waals surface area contributed by atoms with E-state index >= 15 is 0 Å². The Labute approximate surface area is 225 Å². The zero-order valence-electron chi connectivity index (χ0n) is 20.0. The average Bonchev–Trinajstić information content (AvgIpc) is 3.57. The SMILES string of the molecule is O=C1N=NC(c2cccc(-n3nc(C(F)(F)F)cc3C(=O)Nc3ccc(-c4ccccc4C=S(=O)=O)cc3)c2)=N1. The fourth-order valence-corrected chi connectivity index (χ4v) is 4.31. The molecule has 40 heavy (non-hydrogen) atoms. The predicted octanol–water partition coefficient (Wildman–Crippen LogP) is 5.17. The zero-order valence-corrected chi connectivity index (χ0v) is 20.8. The molecular weight excluding hydrogens is 549 g/mol. The summed E-state index contributed by atoms with van der Waals surface area (Å²) in [4.78, 5) is 28.1. The van der Waals surface area contributed by atoms with Gasteiger partial charge in [0.05, 0.1) is 11.1 Å². The highest BCUT2D eigenvalue weighted by atomic mass is 32.2. The number of carbonyl (C=O) groups is 2. The standard InChI is InChI=1S/C26H15F3N6O4S/c27-26(28,29)22-13-21(35(34-22)19-6-3-5-16(12-19)23-31-25(37)33-32-23)24(36)30-18-10-8-15(9-11-18)20-7-2-1-4-17(20)14-40(38)39/h1-14H,(H,30,36). The quantitative estimate of drug-likeness (QED) is 0.322. The maximum atomic E-state index is 13.5. The number of halogens is 3. The first-order valence-corrected chi connectivity index (χ1v) is 12.5. The van der Waals surface area contributed by atoms with Crippen molar-refractivity contribution >= 4 is 39.1 Å². The number of hydrogen-bond donors (Lipinski definition) is 1. The molecule has 14 heteroatoms. The molecule has 10 nitrogen and oxygen atoms in total. The molecule has 3 aromatic carbocycles. The van der Waals surface area contributed by atoms with Crippen LogP contribution in [0.15, 0.2) is 94.1 Å². The second kappa shape index (κ2) is 10.5. The fourth-order valence-electron chi connectivity index (χ4n) is 3.90. The Balaban J connectivity index is 1.46. The number of amides is 3. The Morgan fingerprint density at radius 1 is 0.900 bits per heavy atom. The average molecular weight is 565 g/mol. The number of aliphatic imine (C=N–C) groups is 1. The summed E-state index contributed by atoms with van der Waals surface area (Å²) in [6, 6.07) is 18.8. The first-order chi connectivity index (χ1) is 19.1. The van der Waals surface area contributed by atoms with Crippen molar-refractivity contribution in [3.8, 4) is 16.8 Å². The lowest BCUT2D eigenvalue weighted by Crippen LogP contribution is -2.17. The van der Waals surface area contributed by atoms with Crippen LogP contribution in [0.5, 0.6) is 0 Å². The van der Waals surface area contributed by atoms with Crippen LogP contribution in [0.1, 0.15) is 27.3 Å². The van der Waals surface area contributed by atoms with Crippen molar-refractivity contribution in [2.75, 3.05) is 5.32 Å². The van der Waals surface area contributed by atoms with Crippen molar-refractivity contribution in [3.05, 3.63) is 101 Å². The molecule has 0 atom stereocenters. The van der Waals surface area contributed by atoms with E-state index in [0.29, 0.717) is 22.8 Å². The molecule has 0 unspecified atom stereocenters. The lowest BCUT2D eigenvalue weighted by Gasteiger charge is -2.10. The van der Waals surface area contributed by atoms with Gasteiger partial charge in [0.2, 0.25) is 10.3 Å². The summed E-state index contributed by atoms with van der Waals surface area (Å²) in [6.45, 7) is 0. The molecule has 5 rings (SSSR count). The molecule has 0 radical (unpaired) electrons. The number of alkyl halides is 3. The number of benzene rings is 3. The van der Waals surface area contributed by atoms with Crippen molar-refractivity contribution in [1.29, 1.82) is 0 Å². The number of azo groups is 1. The molecule has 0 saturated heterocycles. The van der Waals surface area contributed by atoms with Crippen molar-refractivity contribution in [1.82, 2.24) is 9.78 Å². The van der Waals surface area contributed by atoms with Gasteiger partial charge in [0, 0.05) is 17.3 Å². The van der Waals surface area contributed by atoms with Crippen molar-refractivity contribution in [2.45, 2.75) is 6.18 Å². The molecule has 1 aliphatic rings. The minimum atomic E-state index is -4.83. The van der Waals surface area contributed by atoms with E-state index in [0.717, 1.165) is 10.0 Å². The largest absolute Gasteiger partial charge is 0.435 e. The number of aromatic nitrogens is 2. The van der Waals surface area contributed by atoms with Crippen LogP contribution in [0.2, 0.25) is 0 Å². The van der Waals surface area contributed by atoms with E-state index in [2.05, 4.69) is 25.6 Å². The van der Waals surface area contributed by atoms with Gasteiger partial charge in [0.1, 0.15) is 5.69 Å². The van der Waals surface area contributed by atoms with Crippen LogP contribution in [-0.4, -0.2) is 41.3 Å². The third-order valence-corrected chi connectivity index (χ3v) is 6.10. The first kappa shape index (κ1) is 26.4. The highest BCUT2D eigenvalue weighted by Crippen LogP contribution is 2.30. The van der Waals surface area contributed by atoms with E-state index in [-0.39, 0.29) is 22.8 Å². The van der Waals surface area contributed by atoms with Gasteiger partial charge in [-0.3, -0.25) is 4.79 Å². The highest BCUT2D eigenvalue weighted by molar-refractivity contribution is 7.71. The first-order valence-electron chi connectivity index (χ1n) is 11.3. The van der Waals surface area contributed by atoms with Crippen LogP contribution >= 0.6 is 0 Å². The number of hydrogen-bond acceptors (Lipinski definition) is 6.